The molecule has 0 aromatic heterocycles. The maximum Gasteiger partial charge on any atom is 0.303 e. The van der Waals surface area contributed by atoms with Crippen molar-refractivity contribution in [3.63, 3.8) is 0 Å². The van der Waals surface area contributed by atoms with Crippen LogP contribution in [0.5, 0.6) is 0 Å². The number of unbranched alkanes of at least 4 members (excludes halogenated alkanes) is 28. The van der Waals surface area contributed by atoms with Gasteiger partial charge in [0, 0.05) is 12.8 Å². The van der Waals surface area contributed by atoms with Gasteiger partial charge in [0.05, 0.1) is 0 Å². The minimum atomic E-state index is -0.653. The number of hydrogen-bond acceptors (Lipinski definition) is 2. The minimum absolute atomic E-state index is 0.334. The molecule has 2 unspecified atom stereocenters. The van der Waals surface area contributed by atoms with Crippen LogP contribution in [-0.4, -0.2) is 22.2 Å². The van der Waals surface area contributed by atoms with Crippen LogP contribution >= 0.6 is 0 Å². The third kappa shape index (κ3) is 36.2. The predicted octanol–water partition coefficient (Wildman–Crippen LogP) is 15.3. The summed E-state index contributed by atoms with van der Waals surface area (Å²) >= 11 is 0. The first-order valence-corrected chi connectivity index (χ1v) is 21.9. The van der Waals surface area contributed by atoms with E-state index in [1.165, 1.54) is 205 Å². The topological polar surface area (TPSA) is 74.6 Å². The number of carboxylic acids is 2. The molecule has 0 aromatic rings. The first kappa shape index (κ1) is 46.9. The fourth-order valence-electron chi connectivity index (χ4n) is 7.80. The van der Waals surface area contributed by atoms with Crippen molar-refractivity contribution in [2.24, 2.45) is 11.8 Å². The van der Waals surface area contributed by atoms with Crippen LogP contribution in [0, 0.1) is 11.8 Å². The molecule has 48 heavy (non-hydrogen) atoms. The van der Waals surface area contributed by atoms with E-state index in [-0.39, 0.29) is 0 Å². The fraction of sp³-hybridized carbons (Fsp3) is 0.955. The van der Waals surface area contributed by atoms with Crippen LogP contribution in [0.4, 0.5) is 0 Å². The zero-order valence-corrected chi connectivity index (χ0v) is 32.7. The van der Waals surface area contributed by atoms with Gasteiger partial charge in [-0.3, -0.25) is 9.59 Å². The lowest BCUT2D eigenvalue weighted by Gasteiger charge is -2.28. The summed E-state index contributed by atoms with van der Waals surface area (Å²) in [6, 6.07) is 0. The summed E-state index contributed by atoms with van der Waals surface area (Å²) < 4.78 is 0. The Labute approximate surface area is 300 Å². The Bertz CT molecular complexity index is 606. The van der Waals surface area contributed by atoms with Gasteiger partial charge in [-0.15, -0.1) is 0 Å². The second kappa shape index (κ2) is 38.7. The number of carboxylic acid groups (broad SMARTS) is 2. The minimum Gasteiger partial charge on any atom is -0.481 e. The van der Waals surface area contributed by atoms with Crippen LogP contribution in [-0.2, 0) is 9.59 Å². The van der Waals surface area contributed by atoms with E-state index in [1.54, 1.807) is 0 Å². The molecule has 0 amide bonds. The van der Waals surface area contributed by atoms with E-state index in [0.717, 1.165) is 37.5 Å². The van der Waals surface area contributed by atoms with Crippen LogP contribution in [0.2, 0.25) is 0 Å². The summed E-state index contributed by atoms with van der Waals surface area (Å²) in [6.45, 7) is 4.64. The van der Waals surface area contributed by atoms with Gasteiger partial charge in [-0.1, -0.05) is 232 Å². The summed E-state index contributed by atoms with van der Waals surface area (Å²) in [5.41, 5.74) is 0. The van der Waals surface area contributed by atoms with Crippen molar-refractivity contribution in [1.29, 1.82) is 0 Å². The third-order valence-corrected chi connectivity index (χ3v) is 11.0. The standard InChI is InChI=1S/C44H86O4/c1-3-5-7-9-23-29-35-41(37-31-25-19-15-11-13-17-21-27-33-39-43(45)46)42(36-30-24-10-8-6-4-2)38-32-26-20-16-12-14-18-22-28-34-40-44(47)48/h41-42H,3-40H2,1-2H3,(H,45,46)(H,47,48)/i41+2. The first-order chi connectivity index (χ1) is 23.5. The number of carbonyl (C=O) groups is 2. The SMILES string of the molecule is CCCCCCCCC(CCCCCCCCCCCCC(=O)O)[14CH](CCCCCCCC)CCCCCCCCCCCCC(=O)O. The summed E-state index contributed by atoms with van der Waals surface area (Å²) in [4.78, 5) is 21.3. The third-order valence-electron chi connectivity index (χ3n) is 11.0. The van der Waals surface area contributed by atoms with Gasteiger partial charge in [0.2, 0.25) is 0 Å². The maximum absolute atomic E-state index is 10.7. The molecule has 2 atom stereocenters. The molecule has 0 aromatic carbocycles. The summed E-state index contributed by atoms with van der Waals surface area (Å²) in [5, 5.41) is 17.6. The Morgan fingerprint density at radius 1 is 0.375 bits per heavy atom. The molecule has 286 valence electrons. The summed E-state index contributed by atoms with van der Waals surface area (Å²) in [5.74, 6) is 0.581. The van der Waals surface area contributed by atoms with Crippen molar-refractivity contribution in [3.8, 4) is 0 Å². The lowest BCUT2D eigenvalue weighted by atomic mass is 9.97. The molecule has 4 heteroatoms. The smallest absolute Gasteiger partial charge is 0.303 e. The van der Waals surface area contributed by atoms with Crippen LogP contribution < -0.4 is 0 Å². The zero-order valence-electron chi connectivity index (χ0n) is 32.7. The molecule has 0 bridgehead atoms. The zero-order chi connectivity index (χ0) is 35.2. The van der Waals surface area contributed by atoms with Crippen molar-refractivity contribution in [1.82, 2.24) is 0 Å². The highest BCUT2D eigenvalue weighted by atomic mass is 16.4. The van der Waals surface area contributed by atoms with Crippen LogP contribution in [0.1, 0.15) is 258 Å². The quantitative estimate of drug-likeness (QED) is 0.0630. The molecule has 0 saturated heterocycles. The molecule has 4 nitrogen and oxygen atoms in total. The monoisotopic (exact) mass is 681 g/mol. The maximum atomic E-state index is 10.7. The molecule has 0 saturated carbocycles. The second-order valence-corrected chi connectivity index (χ2v) is 15.6. The van der Waals surface area contributed by atoms with E-state index < -0.39 is 11.9 Å². The van der Waals surface area contributed by atoms with Gasteiger partial charge in [0.25, 0.3) is 0 Å². The highest BCUT2D eigenvalue weighted by Gasteiger charge is 2.20. The Kier molecular flexibility index (Phi) is 37.9. The van der Waals surface area contributed by atoms with Gasteiger partial charge in [-0.05, 0) is 24.7 Å². The lowest BCUT2D eigenvalue weighted by Crippen LogP contribution is -2.16. The summed E-state index contributed by atoms with van der Waals surface area (Å²) in [6.07, 6.45) is 48.9. The van der Waals surface area contributed by atoms with Gasteiger partial charge in [-0.25, -0.2) is 0 Å². The molecule has 0 spiro atoms. The highest BCUT2D eigenvalue weighted by molar-refractivity contribution is 5.66. The average Bonchev–Trinajstić information content (AvgIpc) is 3.06. The van der Waals surface area contributed by atoms with Crippen molar-refractivity contribution >= 4 is 11.9 Å². The van der Waals surface area contributed by atoms with Gasteiger partial charge in [-0.2, -0.15) is 0 Å². The highest BCUT2D eigenvalue weighted by Crippen LogP contribution is 2.34. The van der Waals surface area contributed by atoms with Crippen molar-refractivity contribution < 1.29 is 19.8 Å². The van der Waals surface area contributed by atoms with E-state index >= 15 is 0 Å². The largest absolute Gasteiger partial charge is 0.481 e. The van der Waals surface area contributed by atoms with Crippen LogP contribution in [0.15, 0.2) is 0 Å². The Hall–Kier alpha value is -1.06. The Balaban J connectivity index is 4.60. The first-order valence-electron chi connectivity index (χ1n) is 21.9. The van der Waals surface area contributed by atoms with Crippen LogP contribution in [0.25, 0.3) is 0 Å². The van der Waals surface area contributed by atoms with Crippen molar-refractivity contribution in [2.75, 3.05) is 0 Å². The number of rotatable bonds is 41. The Morgan fingerprint density at radius 3 is 0.917 bits per heavy atom. The van der Waals surface area contributed by atoms with E-state index in [4.69, 9.17) is 10.2 Å². The summed E-state index contributed by atoms with van der Waals surface area (Å²) in [7, 11) is 0. The average molecular weight is 681 g/mol. The number of hydrogen-bond donors (Lipinski definition) is 2. The molecular weight excluding hydrogens is 594 g/mol. The van der Waals surface area contributed by atoms with Crippen LogP contribution in [0.3, 0.4) is 0 Å². The van der Waals surface area contributed by atoms with E-state index in [1.807, 2.05) is 0 Å². The van der Waals surface area contributed by atoms with Gasteiger partial charge in [0.1, 0.15) is 0 Å². The number of aliphatic carboxylic acids is 2. The van der Waals surface area contributed by atoms with Gasteiger partial charge < -0.3 is 10.2 Å². The van der Waals surface area contributed by atoms with Gasteiger partial charge in [0.15, 0.2) is 0 Å². The molecule has 0 aliphatic rings. The van der Waals surface area contributed by atoms with Crippen molar-refractivity contribution in [3.05, 3.63) is 0 Å². The fourth-order valence-corrected chi connectivity index (χ4v) is 7.80. The molecule has 0 aliphatic carbocycles. The molecule has 0 fully saturated rings. The normalized spacial score (nSPS) is 12.8. The molecule has 0 rings (SSSR count). The van der Waals surface area contributed by atoms with E-state index in [0.29, 0.717) is 12.8 Å². The van der Waals surface area contributed by atoms with Gasteiger partial charge >= 0.3 is 11.9 Å². The molecule has 0 heterocycles. The lowest BCUT2D eigenvalue weighted by molar-refractivity contribution is -0.138. The predicted molar refractivity (Wildman–Crippen MR) is 209 cm³/mol. The van der Waals surface area contributed by atoms with Crippen molar-refractivity contribution in [2.45, 2.75) is 258 Å². The molecule has 0 aliphatic heterocycles. The second-order valence-electron chi connectivity index (χ2n) is 15.6. The van der Waals surface area contributed by atoms with E-state index in [2.05, 4.69) is 13.8 Å². The van der Waals surface area contributed by atoms with E-state index in [9.17, 15) is 9.59 Å². The Morgan fingerprint density at radius 2 is 0.625 bits per heavy atom. The molecule has 0 radical (unpaired) electrons. The molecule has 2 N–H and O–H groups in total. The molecular formula is C44H86O4.